The van der Waals surface area contributed by atoms with Crippen molar-refractivity contribution in [3.8, 4) is 0 Å². The summed E-state index contributed by atoms with van der Waals surface area (Å²) in [5, 5.41) is 12.3. The molecule has 12 heavy (non-hydrogen) atoms. The van der Waals surface area contributed by atoms with E-state index in [4.69, 9.17) is 17.5 Å². The summed E-state index contributed by atoms with van der Waals surface area (Å²) in [4.78, 5) is 2.92. The first-order valence-electron chi connectivity index (χ1n) is 2.87. The molecule has 0 saturated carbocycles. The van der Waals surface area contributed by atoms with Crippen LogP contribution in [0.3, 0.4) is 0 Å². The van der Waals surface area contributed by atoms with Crippen LogP contribution in [0.25, 0.3) is 5.84 Å². The second-order valence-electron chi connectivity index (χ2n) is 1.82. The smallest absolute Gasteiger partial charge is 0.144 e. The Morgan fingerprint density at radius 3 is 2.58 bits per heavy atom. The molecule has 0 heterocycles. The normalized spacial score (nSPS) is 17.1. The lowest BCUT2D eigenvalue weighted by atomic mass is 11.5. The summed E-state index contributed by atoms with van der Waals surface area (Å²) in [6.07, 6.45) is 0. The lowest BCUT2D eigenvalue weighted by Crippen LogP contribution is -3.58. The molecule has 10 heteroatoms. The number of nitrogens with one attached hydrogen (secondary N) is 4. The Labute approximate surface area is 68.6 Å². The third-order valence-electron chi connectivity index (χ3n) is 0.904. The number of nitrogens with zero attached hydrogens (tertiary/aromatic N) is 2. The molecule has 8 N–H and O–H groups in total. The van der Waals surface area contributed by atoms with E-state index < -0.39 is 15.5 Å². The molecule has 0 radical (unpaired) electrons. The number of hydrogen-bond acceptors (Lipinski definition) is 6. The summed E-state index contributed by atoms with van der Waals surface area (Å²) in [7, 11) is 1.38. The fraction of sp³-hybridized carbons (Fsp3) is 0.500. The van der Waals surface area contributed by atoms with Crippen molar-refractivity contribution >= 4 is 6.72 Å². The highest BCUT2D eigenvalue weighted by atomic mass is 17.1. The molecule has 0 saturated heterocycles. The van der Waals surface area contributed by atoms with Gasteiger partial charge in [-0.3, -0.25) is 0 Å². The molecule has 10 nitrogen and oxygen atoms in total. The van der Waals surface area contributed by atoms with Crippen LogP contribution in [-0.2, 0) is 4.94 Å². The van der Waals surface area contributed by atoms with Gasteiger partial charge in [0.1, 0.15) is 9.91 Å². The highest BCUT2D eigenvalue weighted by molar-refractivity contribution is 5.21. The third kappa shape index (κ3) is 3.63. The monoisotopic (exact) mass is 181 g/mol. The molecule has 0 aliphatic heterocycles. The maximum absolute atomic E-state index is 10.8. The van der Waals surface area contributed by atoms with E-state index in [0.717, 1.165) is 0 Å². The van der Waals surface area contributed by atoms with Gasteiger partial charge in [0.15, 0.2) is 0 Å². The zero-order chi connectivity index (χ0) is 9.78. The van der Waals surface area contributed by atoms with Crippen molar-refractivity contribution in [2.45, 2.75) is 0 Å². The van der Waals surface area contributed by atoms with Gasteiger partial charge >= 0.3 is 0 Å². The fourth-order valence-corrected chi connectivity index (χ4v) is 0.309. The van der Waals surface area contributed by atoms with Gasteiger partial charge in [-0.1, -0.05) is 11.7 Å². The summed E-state index contributed by atoms with van der Waals surface area (Å²) in [5.41, 5.74) is 2.24. The van der Waals surface area contributed by atoms with Crippen LogP contribution in [0.1, 0.15) is 0 Å². The Kier molecular flexibility index (Phi) is 4.11. The van der Waals surface area contributed by atoms with Crippen molar-refractivity contribution < 1.29 is 20.5 Å². The van der Waals surface area contributed by atoms with E-state index in [1.807, 2.05) is 0 Å². The summed E-state index contributed by atoms with van der Waals surface area (Å²) < 4.78 is 0. The average molecular weight is 181 g/mol. The Bertz CT molecular complexity index is 148. The summed E-state index contributed by atoms with van der Waals surface area (Å²) in [6.45, 7) is 2.97. The molecule has 72 valence electrons. The van der Waals surface area contributed by atoms with E-state index in [-0.39, 0.29) is 0 Å². The molecular formula is C2H13N8O2+. The van der Waals surface area contributed by atoms with E-state index in [9.17, 15) is 5.21 Å². The minimum atomic E-state index is -1.36. The first-order valence-corrected chi connectivity index (χ1v) is 2.87. The van der Waals surface area contributed by atoms with Crippen LogP contribution in [0.4, 0.5) is 0 Å². The summed E-state index contributed by atoms with van der Waals surface area (Å²) in [6, 6.07) is 0. The summed E-state index contributed by atoms with van der Waals surface area (Å²) in [5.74, 6) is 17.0. The fourth-order valence-electron chi connectivity index (χ4n) is 0.309. The van der Waals surface area contributed by atoms with E-state index in [2.05, 4.69) is 22.2 Å². The van der Waals surface area contributed by atoms with Crippen molar-refractivity contribution in [1.82, 2.24) is 5.43 Å². The zero-order valence-electron chi connectivity index (χ0n) is 6.57. The van der Waals surface area contributed by atoms with Gasteiger partial charge in [-0.2, -0.15) is 0 Å². The third-order valence-corrected chi connectivity index (χ3v) is 0.904. The van der Waals surface area contributed by atoms with Crippen molar-refractivity contribution in [3.05, 3.63) is 11.0 Å². The van der Waals surface area contributed by atoms with Crippen LogP contribution in [0.15, 0.2) is 5.10 Å². The highest BCUT2D eigenvalue weighted by Gasteiger charge is 2.25. The van der Waals surface area contributed by atoms with E-state index in [0.29, 0.717) is 0 Å². The van der Waals surface area contributed by atoms with Crippen molar-refractivity contribution in [1.29, 1.82) is 0 Å². The molecule has 0 fully saturated rings. The van der Waals surface area contributed by atoms with E-state index >= 15 is 0 Å². The van der Waals surface area contributed by atoms with Gasteiger partial charge in [0, 0.05) is 7.05 Å². The molecule has 0 aromatic heterocycles. The first kappa shape index (κ1) is 11.3. The molecule has 0 bridgehead atoms. The maximum Gasteiger partial charge on any atom is 0.144 e. The minimum Gasteiger partial charge on any atom is -0.544 e. The minimum absolute atomic E-state index is 0.475. The molecular weight excluding hydrogens is 168 g/mol. The van der Waals surface area contributed by atoms with Crippen LogP contribution in [-0.4, -0.2) is 18.7 Å². The second kappa shape index (κ2) is 4.36. The Hall–Kier alpha value is -0.690. The lowest BCUT2D eigenvalue weighted by Gasteiger charge is -2.27. The van der Waals surface area contributed by atoms with Crippen LogP contribution < -0.4 is 27.7 Å². The van der Waals surface area contributed by atoms with E-state index in [1.54, 1.807) is 0 Å². The van der Waals surface area contributed by atoms with E-state index in [1.165, 1.54) is 7.05 Å². The topological polar surface area (TPSA) is 141 Å². The van der Waals surface area contributed by atoms with Gasteiger partial charge < -0.3 is 11.0 Å². The Morgan fingerprint density at radius 1 is 1.75 bits per heavy atom. The molecule has 0 aliphatic rings. The van der Waals surface area contributed by atoms with Crippen LogP contribution in [0.5, 0.6) is 0 Å². The number of hydrogen-bond donors (Lipinski definition) is 5. The molecule has 2 atom stereocenters. The quantitative estimate of drug-likeness (QED) is 0.125. The molecule has 0 aromatic carbocycles. The summed E-state index contributed by atoms with van der Waals surface area (Å²) >= 11 is 0. The highest BCUT2D eigenvalue weighted by Crippen LogP contribution is 1.79. The predicted octanol–water partition coefficient (Wildman–Crippen LogP) is -4.70. The second-order valence-corrected chi connectivity index (χ2v) is 1.82. The SMILES string of the molecule is C=N[N+](N)(N)O[NH+]([O-])[NH+]([NH-])NC. The van der Waals surface area contributed by atoms with Gasteiger partial charge in [0.05, 0.1) is 6.72 Å². The molecule has 0 spiro atoms. The van der Waals surface area contributed by atoms with Crippen molar-refractivity contribution in [2.24, 2.45) is 16.8 Å². The van der Waals surface area contributed by atoms with Crippen LogP contribution in [0.2, 0.25) is 0 Å². The zero-order valence-corrected chi connectivity index (χ0v) is 6.57. The van der Waals surface area contributed by atoms with Crippen LogP contribution in [0, 0.1) is 5.21 Å². The van der Waals surface area contributed by atoms with Gasteiger partial charge in [-0.15, -0.1) is 10.7 Å². The van der Waals surface area contributed by atoms with Gasteiger partial charge in [0.2, 0.25) is 0 Å². The van der Waals surface area contributed by atoms with Gasteiger partial charge in [0.25, 0.3) is 0 Å². The maximum atomic E-state index is 10.8. The lowest BCUT2D eigenvalue weighted by molar-refractivity contribution is -1.62. The predicted molar refractivity (Wildman–Crippen MR) is 37.9 cm³/mol. The van der Waals surface area contributed by atoms with Crippen LogP contribution >= 0.6 is 0 Å². The average Bonchev–Trinajstić information content (AvgIpc) is 2.02. The van der Waals surface area contributed by atoms with Gasteiger partial charge in [-0.25, -0.2) is 0 Å². The molecule has 0 rings (SSSR count). The van der Waals surface area contributed by atoms with Gasteiger partial charge in [-0.05, 0) is 10.4 Å². The van der Waals surface area contributed by atoms with Crippen molar-refractivity contribution in [3.63, 3.8) is 0 Å². The Balaban J connectivity index is 3.98. The first-order chi connectivity index (χ1) is 5.43. The number of quaternary nitrogens is 3. The Morgan fingerprint density at radius 2 is 2.25 bits per heavy atom. The van der Waals surface area contributed by atoms with Crippen molar-refractivity contribution in [2.75, 3.05) is 7.05 Å². The number of nitrogens with two attached hydrogens (primary N) is 2. The standard InChI is InChI=1S/C2H13N8O2/c1-6-8(3)9(11)12-10(4,5)7-2/h3,6,8-9H,2,4-5H2,1H3/q+1. The molecule has 0 amide bonds. The molecule has 0 aliphatic carbocycles. The molecule has 0 aromatic rings. The largest absolute Gasteiger partial charge is 0.544 e. The molecule has 2 unspecified atom stereocenters. The number of rotatable bonds is 5.